The van der Waals surface area contributed by atoms with Gasteiger partial charge >= 0.3 is 6.09 Å². The summed E-state index contributed by atoms with van der Waals surface area (Å²) in [5, 5.41) is 2.48. The smallest absolute Gasteiger partial charge is 0.410 e. The molecule has 1 aromatic heterocycles. The van der Waals surface area contributed by atoms with E-state index in [0.717, 1.165) is 0 Å². The zero-order valence-electron chi connectivity index (χ0n) is 11.6. The largest absolute Gasteiger partial charge is 0.418 e. The van der Waals surface area contributed by atoms with Crippen LogP contribution < -0.4 is 10.1 Å². The van der Waals surface area contributed by atoms with Gasteiger partial charge < -0.3 is 14.2 Å². The lowest BCUT2D eigenvalue weighted by molar-refractivity contribution is -0.108. The lowest BCUT2D eigenvalue weighted by Crippen LogP contribution is -2.18. The molecule has 0 saturated carbocycles. The van der Waals surface area contributed by atoms with Crippen LogP contribution in [0.4, 0.5) is 10.6 Å². The average molecular weight is 289 g/mol. The molecular formula is C14H15N3O4. The van der Waals surface area contributed by atoms with Crippen LogP contribution in [0.15, 0.2) is 42.7 Å². The van der Waals surface area contributed by atoms with E-state index in [1.165, 1.54) is 26.6 Å². The third kappa shape index (κ3) is 4.23. The summed E-state index contributed by atoms with van der Waals surface area (Å²) in [5.41, 5.74) is 0.502. The topological polar surface area (TPSA) is 82.6 Å². The minimum atomic E-state index is -0.640. The summed E-state index contributed by atoms with van der Waals surface area (Å²) < 4.78 is 15.2. The molecule has 21 heavy (non-hydrogen) atoms. The summed E-state index contributed by atoms with van der Waals surface area (Å²) in [5.74, 6) is 0.712. The molecule has 7 nitrogen and oxygen atoms in total. The van der Waals surface area contributed by atoms with Crippen molar-refractivity contribution in [1.29, 1.82) is 0 Å². The number of hydrogen-bond donors (Lipinski definition) is 1. The van der Waals surface area contributed by atoms with Crippen molar-refractivity contribution >= 4 is 11.9 Å². The monoisotopic (exact) mass is 289 g/mol. The second kappa shape index (κ2) is 7.32. The van der Waals surface area contributed by atoms with Crippen molar-refractivity contribution < 1.29 is 19.0 Å². The van der Waals surface area contributed by atoms with E-state index in [4.69, 9.17) is 14.2 Å². The molecule has 0 spiro atoms. The van der Waals surface area contributed by atoms with E-state index in [1.807, 2.05) is 6.07 Å². The van der Waals surface area contributed by atoms with E-state index in [2.05, 4.69) is 15.3 Å². The van der Waals surface area contributed by atoms with Gasteiger partial charge in [0.25, 0.3) is 0 Å². The van der Waals surface area contributed by atoms with Crippen LogP contribution in [0, 0.1) is 0 Å². The maximum Gasteiger partial charge on any atom is 0.418 e. The molecule has 2 aromatic rings. The summed E-state index contributed by atoms with van der Waals surface area (Å²) in [6, 6.07) is 8.73. The Kier molecular flexibility index (Phi) is 5.19. The Labute approximate surface area is 121 Å². The van der Waals surface area contributed by atoms with Crippen molar-refractivity contribution in [2.45, 2.75) is 6.29 Å². The molecular weight excluding hydrogens is 274 g/mol. The molecule has 1 aromatic carbocycles. The van der Waals surface area contributed by atoms with Crippen molar-refractivity contribution in [2.75, 3.05) is 19.5 Å². The van der Waals surface area contributed by atoms with Gasteiger partial charge in [-0.3, -0.25) is 10.3 Å². The first kappa shape index (κ1) is 14.9. The van der Waals surface area contributed by atoms with Crippen LogP contribution >= 0.6 is 0 Å². The lowest BCUT2D eigenvalue weighted by atomic mass is 10.3. The summed E-state index contributed by atoms with van der Waals surface area (Å²) >= 11 is 0. The minimum absolute atomic E-state index is 0.269. The van der Waals surface area contributed by atoms with Crippen molar-refractivity contribution in [3.63, 3.8) is 0 Å². The fourth-order valence-electron chi connectivity index (χ4n) is 1.59. The van der Waals surface area contributed by atoms with Gasteiger partial charge in [0.05, 0.1) is 12.4 Å². The number of rotatable bonds is 5. The van der Waals surface area contributed by atoms with Crippen LogP contribution in [0.5, 0.6) is 5.75 Å². The Hall–Kier alpha value is -2.51. The number of carbonyl (C=O) groups excluding carboxylic acids is 1. The highest BCUT2D eigenvalue weighted by Crippen LogP contribution is 2.15. The molecule has 0 unspecified atom stereocenters. The molecule has 0 bridgehead atoms. The molecule has 0 aliphatic heterocycles. The molecule has 0 fully saturated rings. The average Bonchev–Trinajstić information content (AvgIpc) is 2.51. The number of hydrogen-bond acceptors (Lipinski definition) is 6. The van der Waals surface area contributed by atoms with E-state index in [1.54, 1.807) is 24.3 Å². The SMILES string of the molecule is COC(OC)c1cnc(NC(=O)Oc2ccccc2)cn1. The van der Waals surface area contributed by atoms with Crippen LogP contribution in [0.3, 0.4) is 0 Å². The van der Waals surface area contributed by atoms with Crippen molar-refractivity contribution in [3.8, 4) is 5.75 Å². The number of nitrogens with zero attached hydrogens (tertiary/aromatic N) is 2. The van der Waals surface area contributed by atoms with E-state index in [-0.39, 0.29) is 5.82 Å². The fraction of sp³-hybridized carbons (Fsp3) is 0.214. The van der Waals surface area contributed by atoms with Crippen LogP contribution in [-0.4, -0.2) is 30.3 Å². The number of carbonyl (C=O) groups is 1. The molecule has 0 radical (unpaired) electrons. The second-order valence-corrected chi connectivity index (χ2v) is 3.96. The van der Waals surface area contributed by atoms with E-state index in [9.17, 15) is 4.79 Å². The minimum Gasteiger partial charge on any atom is -0.410 e. The van der Waals surface area contributed by atoms with Gasteiger partial charge in [0.1, 0.15) is 11.4 Å². The van der Waals surface area contributed by atoms with Gasteiger partial charge in [0.2, 0.25) is 6.29 Å². The van der Waals surface area contributed by atoms with Gasteiger partial charge in [0.15, 0.2) is 5.82 Å². The van der Waals surface area contributed by atoms with E-state index >= 15 is 0 Å². The zero-order chi connectivity index (χ0) is 15.1. The summed E-state index contributed by atoms with van der Waals surface area (Å²) in [4.78, 5) is 19.8. The predicted molar refractivity (Wildman–Crippen MR) is 74.9 cm³/mol. The number of ether oxygens (including phenoxy) is 3. The van der Waals surface area contributed by atoms with E-state index in [0.29, 0.717) is 11.4 Å². The number of aromatic nitrogens is 2. The zero-order valence-corrected chi connectivity index (χ0v) is 11.6. The molecule has 110 valence electrons. The van der Waals surface area contributed by atoms with Crippen molar-refractivity contribution in [2.24, 2.45) is 0 Å². The van der Waals surface area contributed by atoms with Gasteiger partial charge in [-0.2, -0.15) is 0 Å². The van der Waals surface area contributed by atoms with Gasteiger partial charge in [-0.1, -0.05) is 18.2 Å². The Balaban J connectivity index is 1.95. The molecule has 0 saturated heterocycles. The Morgan fingerprint density at radius 3 is 2.38 bits per heavy atom. The normalized spacial score (nSPS) is 10.4. The fourth-order valence-corrected chi connectivity index (χ4v) is 1.59. The quantitative estimate of drug-likeness (QED) is 0.851. The predicted octanol–water partition coefficient (Wildman–Crippen LogP) is 2.38. The molecule has 1 N–H and O–H groups in total. The number of anilines is 1. The number of nitrogens with one attached hydrogen (secondary N) is 1. The molecule has 0 aliphatic carbocycles. The number of amides is 1. The van der Waals surface area contributed by atoms with Crippen LogP contribution in [0.25, 0.3) is 0 Å². The first-order chi connectivity index (χ1) is 10.2. The highest BCUT2D eigenvalue weighted by atomic mass is 16.7. The standard InChI is InChI=1S/C14H15N3O4/c1-19-13(20-2)11-8-16-12(9-15-11)17-14(18)21-10-6-4-3-5-7-10/h3-9,13H,1-2H3,(H,16,17,18). The summed E-state index contributed by atoms with van der Waals surface area (Å²) in [6.45, 7) is 0. The van der Waals surface area contributed by atoms with Gasteiger partial charge in [0, 0.05) is 14.2 Å². The maximum atomic E-state index is 11.7. The Morgan fingerprint density at radius 2 is 1.81 bits per heavy atom. The second-order valence-electron chi connectivity index (χ2n) is 3.96. The molecule has 1 heterocycles. The third-order valence-electron chi connectivity index (χ3n) is 2.53. The number of para-hydroxylation sites is 1. The van der Waals surface area contributed by atoms with Gasteiger partial charge in [-0.15, -0.1) is 0 Å². The van der Waals surface area contributed by atoms with Crippen LogP contribution in [-0.2, 0) is 9.47 Å². The van der Waals surface area contributed by atoms with E-state index < -0.39 is 12.4 Å². The lowest BCUT2D eigenvalue weighted by Gasteiger charge is -2.12. The Bertz CT molecular complexity index is 571. The van der Waals surface area contributed by atoms with Crippen LogP contribution in [0.1, 0.15) is 12.0 Å². The number of benzene rings is 1. The molecule has 0 aliphatic rings. The molecule has 0 atom stereocenters. The molecule has 1 amide bonds. The first-order valence-electron chi connectivity index (χ1n) is 6.14. The first-order valence-corrected chi connectivity index (χ1v) is 6.14. The highest BCUT2D eigenvalue weighted by molar-refractivity contribution is 5.84. The summed E-state index contributed by atoms with van der Waals surface area (Å²) in [6.07, 6.45) is 1.61. The highest BCUT2D eigenvalue weighted by Gasteiger charge is 2.12. The number of methoxy groups -OCH3 is 2. The maximum absolute atomic E-state index is 11.7. The molecule has 7 heteroatoms. The van der Waals surface area contributed by atoms with Crippen molar-refractivity contribution in [1.82, 2.24) is 9.97 Å². The molecule has 2 rings (SSSR count). The van der Waals surface area contributed by atoms with Gasteiger partial charge in [-0.25, -0.2) is 9.78 Å². The van der Waals surface area contributed by atoms with Crippen molar-refractivity contribution in [3.05, 3.63) is 48.4 Å². The Morgan fingerprint density at radius 1 is 1.10 bits per heavy atom. The van der Waals surface area contributed by atoms with Gasteiger partial charge in [-0.05, 0) is 12.1 Å². The van der Waals surface area contributed by atoms with Crippen LogP contribution in [0.2, 0.25) is 0 Å². The third-order valence-corrected chi connectivity index (χ3v) is 2.53. The summed E-state index contributed by atoms with van der Waals surface area (Å²) in [7, 11) is 3.00.